The molecule has 1 aromatic carbocycles. The summed E-state index contributed by atoms with van der Waals surface area (Å²) in [7, 11) is 1.33. The van der Waals surface area contributed by atoms with E-state index in [4.69, 9.17) is 25.8 Å². The monoisotopic (exact) mass is 405 g/mol. The third-order valence-electron chi connectivity index (χ3n) is 5.47. The normalized spacial score (nSPS) is 26.6. The fourth-order valence-corrected chi connectivity index (χ4v) is 4.48. The largest absolute Gasteiger partial charge is 0.466 e. The molecule has 1 saturated heterocycles. The molecule has 0 radical (unpaired) electrons. The smallest absolute Gasteiger partial charge is 0.336 e. The zero-order valence-corrected chi connectivity index (χ0v) is 17.0. The quantitative estimate of drug-likeness (QED) is 0.553. The van der Waals surface area contributed by atoms with E-state index >= 15 is 0 Å². The number of rotatable bonds is 5. The average Bonchev–Trinajstić information content (AvgIpc) is 3.08. The summed E-state index contributed by atoms with van der Waals surface area (Å²) in [5.74, 6) is -2.36. The van der Waals surface area contributed by atoms with Crippen LogP contribution in [0.25, 0.3) is 0 Å². The van der Waals surface area contributed by atoms with Crippen molar-refractivity contribution in [3.63, 3.8) is 0 Å². The van der Waals surface area contributed by atoms with Gasteiger partial charge in [0.2, 0.25) is 0 Å². The molecule has 3 atom stereocenters. The van der Waals surface area contributed by atoms with Crippen molar-refractivity contribution in [3.8, 4) is 0 Å². The second-order valence-corrected chi connectivity index (χ2v) is 7.41. The Hall–Kier alpha value is -2.31. The van der Waals surface area contributed by atoms with E-state index in [0.29, 0.717) is 23.7 Å². The van der Waals surface area contributed by atoms with Crippen LogP contribution >= 0.6 is 11.6 Å². The molecule has 0 bridgehead atoms. The van der Waals surface area contributed by atoms with E-state index in [9.17, 15) is 9.59 Å². The number of carbonyl (C=O) groups excluding carboxylic acids is 2. The van der Waals surface area contributed by atoms with Crippen LogP contribution in [0.15, 0.2) is 48.2 Å². The summed E-state index contributed by atoms with van der Waals surface area (Å²) in [5, 5.41) is 0.512. The summed E-state index contributed by atoms with van der Waals surface area (Å²) in [6.45, 7) is 8.38. The zero-order valence-electron chi connectivity index (χ0n) is 16.2. The molecule has 6 nitrogen and oxygen atoms in total. The minimum Gasteiger partial charge on any atom is -0.466 e. The molecule has 0 amide bonds. The third-order valence-corrected chi connectivity index (χ3v) is 5.71. The molecular formula is C21H24ClNO5. The number of hydrogen-bond donors (Lipinski definition) is 0. The number of nitrogens with zero attached hydrogens (tertiary/aromatic N) is 1. The number of carbonyl (C=O) groups is 2. The van der Waals surface area contributed by atoms with Crippen molar-refractivity contribution in [2.45, 2.75) is 25.5 Å². The van der Waals surface area contributed by atoms with Gasteiger partial charge in [-0.05, 0) is 31.5 Å². The highest BCUT2D eigenvalue weighted by molar-refractivity contribution is 6.30. The molecular weight excluding hydrogens is 382 g/mol. The van der Waals surface area contributed by atoms with Crippen LogP contribution < -0.4 is 0 Å². The Kier molecular flexibility index (Phi) is 5.82. The van der Waals surface area contributed by atoms with Crippen molar-refractivity contribution in [1.82, 2.24) is 4.90 Å². The van der Waals surface area contributed by atoms with Crippen LogP contribution in [0.5, 0.6) is 0 Å². The van der Waals surface area contributed by atoms with Crippen molar-refractivity contribution < 1.29 is 23.8 Å². The Bertz CT molecular complexity index is 836. The fraction of sp³-hybridized carbons (Fsp3) is 0.429. The predicted molar refractivity (Wildman–Crippen MR) is 105 cm³/mol. The molecule has 2 aliphatic heterocycles. The van der Waals surface area contributed by atoms with Crippen molar-refractivity contribution in [2.75, 3.05) is 26.9 Å². The van der Waals surface area contributed by atoms with Gasteiger partial charge in [-0.25, -0.2) is 4.79 Å². The first kappa shape index (κ1) is 20.4. The van der Waals surface area contributed by atoms with Crippen LogP contribution in [-0.4, -0.2) is 49.4 Å². The number of halogens is 1. The SMILES string of the molecule is C=CCOC(=O)C1C(c2cccc(Cl)c2)C(C(=O)OC)=C(C)N2CCOC12C. The van der Waals surface area contributed by atoms with Gasteiger partial charge in [-0.2, -0.15) is 0 Å². The van der Waals surface area contributed by atoms with Gasteiger partial charge in [-0.1, -0.05) is 36.4 Å². The van der Waals surface area contributed by atoms with E-state index in [0.717, 1.165) is 11.3 Å². The maximum Gasteiger partial charge on any atom is 0.336 e. The first-order valence-corrected chi connectivity index (χ1v) is 9.46. The minimum absolute atomic E-state index is 0.0733. The zero-order chi connectivity index (χ0) is 20.5. The van der Waals surface area contributed by atoms with Crippen molar-refractivity contribution in [2.24, 2.45) is 5.92 Å². The standard InChI is InChI=1S/C21H24ClNO5/c1-5-10-27-20(25)18-17(14-7-6-8-15(22)12-14)16(19(24)26-4)13(2)23-9-11-28-21(18,23)3/h5-8,12,17-18H,1,9-11H2,2-4H3. The second kappa shape index (κ2) is 7.97. The van der Waals surface area contributed by atoms with Gasteiger partial charge in [0.05, 0.1) is 19.3 Å². The van der Waals surface area contributed by atoms with Crippen LogP contribution in [0.1, 0.15) is 25.3 Å². The molecule has 0 aromatic heterocycles. The van der Waals surface area contributed by atoms with E-state index < -0.39 is 29.5 Å². The topological polar surface area (TPSA) is 65.1 Å². The summed E-state index contributed by atoms with van der Waals surface area (Å²) in [6.07, 6.45) is 1.51. The molecule has 28 heavy (non-hydrogen) atoms. The van der Waals surface area contributed by atoms with Crippen LogP contribution in [0.2, 0.25) is 5.02 Å². The summed E-state index contributed by atoms with van der Waals surface area (Å²) < 4.78 is 16.5. The minimum atomic E-state index is -0.952. The highest BCUT2D eigenvalue weighted by Gasteiger charge is 2.58. The fourth-order valence-electron chi connectivity index (χ4n) is 4.28. The van der Waals surface area contributed by atoms with Crippen molar-refractivity contribution in [3.05, 3.63) is 58.8 Å². The maximum atomic E-state index is 13.2. The number of benzene rings is 1. The van der Waals surface area contributed by atoms with Gasteiger partial charge < -0.3 is 19.1 Å². The lowest BCUT2D eigenvalue weighted by molar-refractivity contribution is -0.172. The lowest BCUT2D eigenvalue weighted by atomic mass is 9.71. The third kappa shape index (κ3) is 3.31. The average molecular weight is 406 g/mol. The van der Waals surface area contributed by atoms with E-state index in [1.165, 1.54) is 13.2 Å². The number of allylic oxidation sites excluding steroid dienone is 1. The Morgan fingerprint density at radius 3 is 2.86 bits per heavy atom. The van der Waals surface area contributed by atoms with Gasteiger partial charge >= 0.3 is 11.9 Å². The predicted octanol–water partition coefficient (Wildman–Crippen LogP) is 3.28. The Morgan fingerprint density at radius 1 is 1.46 bits per heavy atom. The summed E-state index contributed by atoms with van der Waals surface area (Å²) in [6, 6.07) is 7.13. The molecule has 3 unspecified atom stereocenters. The van der Waals surface area contributed by atoms with Crippen molar-refractivity contribution in [1.29, 1.82) is 0 Å². The lowest BCUT2D eigenvalue weighted by Gasteiger charge is -2.48. The first-order valence-electron chi connectivity index (χ1n) is 9.08. The van der Waals surface area contributed by atoms with Crippen LogP contribution in [0, 0.1) is 5.92 Å². The van der Waals surface area contributed by atoms with Gasteiger partial charge in [0.1, 0.15) is 12.5 Å². The molecule has 1 fully saturated rings. The molecule has 150 valence electrons. The lowest BCUT2D eigenvalue weighted by Crippen LogP contribution is -2.57. The van der Waals surface area contributed by atoms with E-state index in [1.807, 2.05) is 24.8 Å². The summed E-state index contributed by atoms with van der Waals surface area (Å²) in [4.78, 5) is 27.9. The molecule has 2 heterocycles. The number of ether oxygens (including phenoxy) is 3. The van der Waals surface area contributed by atoms with E-state index in [2.05, 4.69) is 6.58 Å². The van der Waals surface area contributed by atoms with Gasteiger partial charge in [0, 0.05) is 23.2 Å². The number of hydrogen-bond acceptors (Lipinski definition) is 6. The number of methoxy groups -OCH3 is 1. The molecule has 0 N–H and O–H groups in total. The summed E-state index contributed by atoms with van der Waals surface area (Å²) in [5.41, 5.74) is 0.911. The van der Waals surface area contributed by atoms with E-state index in [1.54, 1.807) is 18.2 Å². The number of esters is 2. The molecule has 0 aliphatic carbocycles. The van der Waals surface area contributed by atoms with E-state index in [-0.39, 0.29) is 6.61 Å². The summed E-state index contributed by atoms with van der Waals surface area (Å²) >= 11 is 6.22. The van der Waals surface area contributed by atoms with Gasteiger partial charge in [-0.3, -0.25) is 4.79 Å². The molecule has 3 rings (SSSR count). The molecule has 2 aliphatic rings. The highest BCUT2D eigenvalue weighted by atomic mass is 35.5. The Labute approximate surface area is 169 Å². The van der Waals surface area contributed by atoms with Gasteiger partial charge in [0.15, 0.2) is 5.72 Å². The highest BCUT2D eigenvalue weighted by Crippen LogP contribution is 2.51. The maximum absolute atomic E-state index is 13.2. The van der Waals surface area contributed by atoms with Crippen LogP contribution in [0.3, 0.4) is 0 Å². The Morgan fingerprint density at radius 2 is 2.21 bits per heavy atom. The molecule has 0 spiro atoms. The molecule has 0 saturated carbocycles. The second-order valence-electron chi connectivity index (χ2n) is 6.97. The van der Waals surface area contributed by atoms with Crippen LogP contribution in [-0.2, 0) is 23.8 Å². The first-order chi connectivity index (χ1) is 13.3. The molecule has 7 heteroatoms. The van der Waals surface area contributed by atoms with Gasteiger partial charge in [-0.15, -0.1) is 0 Å². The number of fused-ring (bicyclic) bond motifs is 1. The Balaban J connectivity index is 2.24. The van der Waals surface area contributed by atoms with Gasteiger partial charge in [0.25, 0.3) is 0 Å². The molecule has 1 aromatic rings. The van der Waals surface area contributed by atoms with Crippen LogP contribution in [0.4, 0.5) is 0 Å². The van der Waals surface area contributed by atoms with Crippen molar-refractivity contribution >= 4 is 23.5 Å².